The summed E-state index contributed by atoms with van der Waals surface area (Å²) in [6.45, 7) is 4.17. The van der Waals surface area contributed by atoms with E-state index in [0.29, 0.717) is 38.4 Å². The molecule has 3 fully saturated rings. The number of aliphatic carboxylic acids is 1. The number of hydrogen-bond donors (Lipinski definition) is 2. The van der Waals surface area contributed by atoms with Crippen molar-refractivity contribution in [3.63, 3.8) is 0 Å². The van der Waals surface area contributed by atoms with Gasteiger partial charge in [0.05, 0.1) is 11.5 Å². The maximum absolute atomic E-state index is 12.5. The molecule has 3 rings (SSSR count). The quantitative estimate of drug-likeness (QED) is 0.756. The highest BCUT2D eigenvalue weighted by molar-refractivity contribution is 5.77. The van der Waals surface area contributed by atoms with Crippen LogP contribution in [0, 0.1) is 17.3 Å². The average molecular weight is 296 g/mol. The van der Waals surface area contributed by atoms with Crippen LogP contribution in [0.1, 0.15) is 32.6 Å². The van der Waals surface area contributed by atoms with E-state index in [1.54, 1.807) is 11.8 Å². The molecule has 3 aliphatic rings. The number of amides is 2. The van der Waals surface area contributed by atoms with Gasteiger partial charge in [0.25, 0.3) is 0 Å². The van der Waals surface area contributed by atoms with Crippen LogP contribution in [-0.4, -0.2) is 64.3 Å². The molecule has 2 aliphatic heterocycles. The van der Waals surface area contributed by atoms with Crippen LogP contribution in [0.2, 0.25) is 0 Å². The second-order valence-corrected chi connectivity index (χ2v) is 7.11. The zero-order chi connectivity index (χ0) is 15.2. The van der Waals surface area contributed by atoms with Crippen molar-refractivity contribution in [2.75, 3.05) is 26.2 Å². The summed E-state index contributed by atoms with van der Waals surface area (Å²) >= 11 is 0. The molecule has 21 heavy (non-hydrogen) atoms. The lowest BCUT2D eigenvalue weighted by Gasteiger charge is -2.38. The van der Waals surface area contributed by atoms with Crippen LogP contribution < -0.4 is 0 Å². The van der Waals surface area contributed by atoms with Gasteiger partial charge in [-0.1, -0.05) is 0 Å². The number of carboxylic acids is 1. The summed E-state index contributed by atoms with van der Waals surface area (Å²) in [5.41, 5.74) is -0.700. The van der Waals surface area contributed by atoms with Gasteiger partial charge in [-0.25, -0.2) is 4.79 Å². The number of urea groups is 1. The van der Waals surface area contributed by atoms with Gasteiger partial charge < -0.3 is 20.0 Å². The number of hydrogen-bond acceptors (Lipinski definition) is 3. The summed E-state index contributed by atoms with van der Waals surface area (Å²) in [4.78, 5) is 27.4. The highest BCUT2D eigenvalue weighted by atomic mass is 16.4. The maximum Gasteiger partial charge on any atom is 0.320 e. The molecule has 0 aromatic carbocycles. The molecule has 0 aromatic rings. The molecule has 2 amide bonds. The number of rotatable bonds is 1. The molecule has 2 saturated heterocycles. The number of likely N-dealkylation sites (tertiary alicyclic amines) is 2. The van der Waals surface area contributed by atoms with Gasteiger partial charge in [0.15, 0.2) is 0 Å². The minimum absolute atomic E-state index is 0.0176. The molecule has 0 spiro atoms. The minimum atomic E-state index is -0.770. The third-order valence-electron chi connectivity index (χ3n) is 5.74. The minimum Gasteiger partial charge on any atom is -0.481 e. The van der Waals surface area contributed by atoms with E-state index in [1.807, 2.05) is 4.90 Å². The first-order valence-electron chi connectivity index (χ1n) is 7.86. The van der Waals surface area contributed by atoms with Gasteiger partial charge in [-0.15, -0.1) is 0 Å². The standard InChI is InChI=1S/C15H24N2O4/c1-15(13(19)20)4-6-16(7-5-15)14(21)17-8-10-2-3-12(18)11(10)9-17/h10-12,18H,2-9H2,1H3,(H,19,20). The van der Waals surface area contributed by atoms with Gasteiger partial charge in [0.2, 0.25) is 0 Å². The van der Waals surface area contributed by atoms with Crippen LogP contribution in [-0.2, 0) is 4.79 Å². The van der Waals surface area contributed by atoms with E-state index in [-0.39, 0.29) is 18.1 Å². The molecule has 1 saturated carbocycles. The Morgan fingerprint density at radius 1 is 1.10 bits per heavy atom. The normalized spacial score (nSPS) is 34.9. The van der Waals surface area contributed by atoms with Gasteiger partial charge in [0, 0.05) is 32.1 Å². The molecule has 0 aromatic heterocycles. The smallest absolute Gasteiger partial charge is 0.320 e. The number of piperidine rings is 1. The molecule has 0 radical (unpaired) electrons. The van der Waals surface area contributed by atoms with Crippen LogP contribution in [0.4, 0.5) is 4.79 Å². The number of carbonyl (C=O) groups excluding carboxylic acids is 1. The molecule has 1 aliphatic carbocycles. The topological polar surface area (TPSA) is 81.1 Å². The Bertz CT molecular complexity index is 445. The second kappa shape index (κ2) is 5.16. The van der Waals surface area contributed by atoms with Crippen molar-refractivity contribution >= 4 is 12.0 Å². The third-order valence-corrected chi connectivity index (χ3v) is 5.74. The Balaban J connectivity index is 1.57. The molecule has 6 nitrogen and oxygen atoms in total. The van der Waals surface area contributed by atoms with Crippen molar-refractivity contribution in [2.45, 2.75) is 38.7 Å². The molecule has 6 heteroatoms. The average Bonchev–Trinajstić information content (AvgIpc) is 3.01. The summed E-state index contributed by atoms with van der Waals surface area (Å²) in [6.07, 6.45) is 2.63. The number of carboxylic acid groups (broad SMARTS) is 1. The zero-order valence-corrected chi connectivity index (χ0v) is 12.5. The lowest BCUT2D eigenvalue weighted by Crippen LogP contribution is -2.49. The molecule has 2 heterocycles. The summed E-state index contributed by atoms with van der Waals surface area (Å²) in [5.74, 6) is -0.0884. The summed E-state index contributed by atoms with van der Waals surface area (Å²) < 4.78 is 0. The van der Waals surface area contributed by atoms with Crippen LogP contribution in [0.3, 0.4) is 0 Å². The first-order chi connectivity index (χ1) is 9.90. The number of aliphatic hydroxyl groups excluding tert-OH is 1. The van der Waals surface area contributed by atoms with Gasteiger partial charge in [-0.05, 0) is 38.5 Å². The van der Waals surface area contributed by atoms with Crippen molar-refractivity contribution in [3.05, 3.63) is 0 Å². The highest BCUT2D eigenvalue weighted by Gasteiger charge is 2.45. The van der Waals surface area contributed by atoms with E-state index in [2.05, 4.69) is 0 Å². The van der Waals surface area contributed by atoms with Gasteiger partial charge in [0.1, 0.15) is 0 Å². The fraction of sp³-hybridized carbons (Fsp3) is 0.867. The molecule has 0 bridgehead atoms. The van der Waals surface area contributed by atoms with E-state index >= 15 is 0 Å². The van der Waals surface area contributed by atoms with Crippen molar-refractivity contribution in [2.24, 2.45) is 17.3 Å². The Labute approximate surface area is 124 Å². The predicted molar refractivity (Wildman–Crippen MR) is 75.7 cm³/mol. The number of fused-ring (bicyclic) bond motifs is 1. The van der Waals surface area contributed by atoms with Crippen molar-refractivity contribution in [1.82, 2.24) is 9.80 Å². The first kappa shape index (κ1) is 14.6. The van der Waals surface area contributed by atoms with E-state index in [1.165, 1.54) is 0 Å². The number of carbonyl (C=O) groups is 2. The lowest BCUT2D eigenvalue weighted by atomic mass is 9.80. The van der Waals surface area contributed by atoms with Crippen LogP contribution in [0.5, 0.6) is 0 Å². The fourth-order valence-electron chi connectivity index (χ4n) is 4.00. The van der Waals surface area contributed by atoms with Gasteiger partial charge >= 0.3 is 12.0 Å². The summed E-state index contributed by atoms with van der Waals surface area (Å²) in [7, 11) is 0. The first-order valence-corrected chi connectivity index (χ1v) is 7.86. The Morgan fingerprint density at radius 3 is 2.33 bits per heavy atom. The molecule has 2 N–H and O–H groups in total. The van der Waals surface area contributed by atoms with Crippen molar-refractivity contribution < 1.29 is 19.8 Å². The predicted octanol–water partition coefficient (Wildman–Crippen LogP) is 0.996. The Kier molecular flexibility index (Phi) is 3.59. The van der Waals surface area contributed by atoms with E-state index in [9.17, 15) is 19.8 Å². The van der Waals surface area contributed by atoms with E-state index in [4.69, 9.17) is 0 Å². The molecule has 3 unspecified atom stereocenters. The molecule has 3 atom stereocenters. The Hall–Kier alpha value is -1.30. The van der Waals surface area contributed by atoms with Crippen molar-refractivity contribution in [1.29, 1.82) is 0 Å². The van der Waals surface area contributed by atoms with Crippen LogP contribution in [0.15, 0.2) is 0 Å². The van der Waals surface area contributed by atoms with E-state index in [0.717, 1.165) is 19.4 Å². The number of aliphatic hydroxyl groups is 1. The SMILES string of the molecule is CC1(C(=O)O)CCN(C(=O)N2CC3CCC(O)C3C2)CC1. The number of nitrogens with zero attached hydrogens (tertiary/aromatic N) is 2. The molecular formula is C15H24N2O4. The van der Waals surface area contributed by atoms with Gasteiger partial charge in [-0.3, -0.25) is 4.79 Å². The summed E-state index contributed by atoms with van der Waals surface area (Å²) in [5, 5.41) is 19.2. The largest absolute Gasteiger partial charge is 0.481 e. The maximum atomic E-state index is 12.5. The highest BCUT2D eigenvalue weighted by Crippen LogP contribution is 2.39. The zero-order valence-electron chi connectivity index (χ0n) is 12.5. The second-order valence-electron chi connectivity index (χ2n) is 7.11. The van der Waals surface area contributed by atoms with Crippen LogP contribution in [0.25, 0.3) is 0 Å². The van der Waals surface area contributed by atoms with Crippen molar-refractivity contribution in [3.8, 4) is 0 Å². The lowest BCUT2D eigenvalue weighted by molar-refractivity contribution is -0.150. The van der Waals surface area contributed by atoms with Gasteiger partial charge in [-0.2, -0.15) is 0 Å². The monoisotopic (exact) mass is 296 g/mol. The summed E-state index contributed by atoms with van der Waals surface area (Å²) in [6, 6.07) is 0.0176. The third kappa shape index (κ3) is 2.50. The van der Waals surface area contributed by atoms with Crippen LogP contribution >= 0.6 is 0 Å². The molecule has 118 valence electrons. The van der Waals surface area contributed by atoms with E-state index < -0.39 is 11.4 Å². The fourth-order valence-corrected chi connectivity index (χ4v) is 4.00. The Morgan fingerprint density at radius 2 is 1.76 bits per heavy atom. The molecular weight excluding hydrogens is 272 g/mol.